The molecule has 0 aliphatic rings. The van der Waals surface area contributed by atoms with Crippen LogP contribution in [0.25, 0.3) is 0 Å². The summed E-state index contributed by atoms with van der Waals surface area (Å²) in [6.07, 6.45) is 3.31. The lowest BCUT2D eigenvalue weighted by Crippen LogP contribution is -2.14. The van der Waals surface area contributed by atoms with Gasteiger partial charge in [-0.15, -0.1) is 0 Å². The minimum absolute atomic E-state index is 0.157. The van der Waals surface area contributed by atoms with Crippen LogP contribution in [0.2, 0.25) is 0 Å². The molecular weight excluding hydrogens is 322 g/mol. The first-order valence-corrected chi connectivity index (χ1v) is 8.65. The minimum atomic E-state index is -0.157. The fourth-order valence-electron chi connectivity index (χ4n) is 3.02. The van der Waals surface area contributed by atoms with Gasteiger partial charge in [0.15, 0.2) is 0 Å². The van der Waals surface area contributed by atoms with Gasteiger partial charge in [0, 0.05) is 24.6 Å². The first kappa shape index (κ1) is 17.7. The maximum Gasteiger partial charge on any atom is 0.257 e. The van der Waals surface area contributed by atoms with Crippen LogP contribution < -0.4 is 10.6 Å². The molecule has 0 radical (unpaired) electrons. The van der Waals surface area contributed by atoms with E-state index < -0.39 is 0 Å². The number of carbonyl (C=O) groups is 1. The summed E-state index contributed by atoms with van der Waals surface area (Å²) < 4.78 is 0. The molecule has 26 heavy (non-hydrogen) atoms. The predicted octanol–water partition coefficient (Wildman–Crippen LogP) is 4.87. The van der Waals surface area contributed by atoms with E-state index in [1.54, 1.807) is 12.4 Å². The molecule has 2 N–H and O–H groups in total. The molecule has 0 spiro atoms. The summed E-state index contributed by atoms with van der Waals surface area (Å²) in [6, 6.07) is 16.1. The lowest BCUT2D eigenvalue weighted by molar-refractivity contribution is 0.102. The Labute approximate surface area is 154 Å². The normalized spacial score (nSPS) is 10.4. The van der Waals surface area contributed by atoms with E-state index in [2.05, 4.69) is 46.8 Å². The molecule has 132 valence electrons. The van der Waals surface area contributed by atoms with Crippen LogP contribution in [0.15, 0.2) is 60.9 Å². The Morgan fingerprint density at radius 1 is 0.962 bits per heavy atom. The summed E-state index contributed by atoms with van der Waals surface area (Å²) in [7, 11) is 0. The van der Waals surface area contributed by atoms with Crippen molar-refractivity contribution in [1.29, 1.82) is 0 Å². The molecule has 4 nitrogen and oxygen atoms in total. The van der Waals surface area contributed by atoms with E-state index in [4.69, 9.17) is 0 Å². The van der Waals surface area contributed by atoms with Crippen molar-refractivity contribution in [2.45, 2.75) is 27.3 Å². The van der Waals surface area contributed by atoms with Gasteiger partial charge >= 0.3 is 0 Å². The monoisotopic (exact) mass is 345 g/mol. The Balaban J connectivity index is 1.72. The van der Waals surface area contributed by atoms with Crippen LogP contribution in [0, 0.1) is 20.8 Å². The van der Waals surface area contributed by atoms with Gasteiger partial charge in [-0.3, -0.25) is 9.78 Å². The van der Waals surface area contributed by atoms with Crippen LogP contribution in [0.4, 0.5) is 11.4 Å². The van der Waals surface area contributed by atoms with Gasteiger partial charge in [0.05, 0.1) is 11.3 Å². The molecule has 2 aromatic carbocycles. The molecule has 0 saturated carbocycles. The molecule has 3 rings (SSSR count). The Morgan fingerprint density at radius 2 is 1.65 bits per heavy atom. The summed E-state index contributed by atoms with van der Waals surface area (Å²) in [5.41, 5.74) is 6.69. The van der Waals surface area contributed by atoms with Gasteiger partial charge in [-0.2, -0.15) is 0 Å². The zero-order valence-corrected chi connectivity index (χ0v) is 15.3. The molecule has 1 heterocycles. The molecule has 0 bridgehead atoms. The smallest absolute Gasteiger partial charge is 0.257 e. The predicted molar refractivity (Wildman–Crippen MR) is 107 cm³/mol. The lowest BCUT2D eigenvalue weighted by Gasteiger charge is -2.13. The molecule has 0 aliphatic heterocycles. The zero-order chi connectivity index (χ0) is 18.5. The van der Waals surface area contributed by atoms with Gasteiger partial charge in [0.1, 0.15) is 0 Å². The fraction of sp³-hybridized carbons (Fsp3) is 0.182. The molecule has 0 atom stereocenters. The molecule has 0 saturated heterocycles. The van der Waals surface area contributed by atoms with Crippen molar-refractivity contribution in [1.82, 2.24) is 4.98 Å². The largest absolute Gasteiger partial charge is 0.380 e. The van der Waals surface area contributed by atoms with Crippen LogP contribution >= 0.6 is 0 Å². The number of aryl methyl sites for hydroxylation is 3. The average molecular weight is 345 g/mol. The van der Waals surface area contributed by atoms with Crippen molar-refractivity contribution < 1.29 is 4.79 Å². The molecule has 0 unspecified atom stereocenters. The van der Waals surface area contributed by atoms with Gasteiger partial charge in [-0.05, 0) is 43.5 Å². The standard InChI is InChI=1S/C22H23N3O/c1-15-9-16(2)21(17(3)10-15)25-22(26)19-11-20(14-23-13-19)24-12-18-7-5-4-6-8-18/h4-11,13-14,24H,12H2,1-3H3,(H,25,26). The molecule has 3 aromatic rings. The topological polar surface area (TPSA) is 54.0 Å². The van der Waals surface area contributed by atoms with E-state index in [0.29, 0.717) is 12.1 Å². The second-order valence-corrected chi connectivity index (χ2v) is 6.53. The highest BCUT2D eigenvalue weighted by Crippen LogP contribution is 2.23. The third-order valence-corrected chi connectivity index (χ3v) is 4.26. The number of hydrogen-bond acceptors (Lipinski definition) is 3. The van der Waals surface area contributed by atoms with E-state index in [-0.39, 0.29) is 5.91 Å². The van der Waals surface area contributed by atoms with Crippen molar-refractivity contribution in [3.05, 3.63) is 88.7 Å². The second-order valence-electron chi connectivity index (χ2n) is 6.53. The summed E-state index contributed by atoms with van der Waals surface area (Å²) in [6.45, 7) is 6.75. The van der Waals surface area contributed by atoms with E-state index in [9.17, 15) is 4.79 Å². The number of hydrogen-bond donors (Lipinski definition) is 2. The maximum absolute atomic E-state index is 12.7. The van der Waals surface area contributed by atoms with E-state index in [1.165, 1.54) is 11.1 Å². The number of anilines is 2. The Kier molecular flexibility index (Phi) is 5.32. The highest BCUT2D eigenvalue weighted by Gasteiger charge is 2.11. The lowest BCUT2D eigenvalue weighted by atomic mass is 10.0. The van der Waals surface area contributed by atoms with Crippen molar-refractivity contribution in [3.63, 3.8) is 0 Å². The van der Waals surface area contributed by atoms with Gasteiger partial charge < -0.3 is 10.6 Å². The van der Waals surface area contributed by atoms with E-state index >= 15 is 0 Å². The molecule has 4 heteroatoms. The molecule has 0 aliphatic carbocycles. The average Bonchev–Trinajstić information content (AvgIpc) is 2.64. The Morgan fingerprint density at radius 3 is 2.35 bits per heavy atom. The van der Waals surface area contributed by atoms with Crippen LogP contribution in [0.3, 0.4) is 0 Å². The van der Waals surface area contributed by atoms with Crippen molar-refractivity contribution >= 4 is 17.3 Å². The number of rotatable bonds is 5. The van der Waals surface area contributed by atoms with Crippen molar-refractivity contribution in [2.75, 3.05) is 10.6 Å². The molecule has 1 aromatic heterocycles. The number of amides is 1. The highest BCUT2D eigenvalue weighted by atomic mass is 16.1. The maximum atomic E-state index is 12.7. The summed E-state index contributed by atoms with van der Waals surface area (Å²) in [5.74, 6) is -0.157. The second kappa shape index (κ2) is 7.83. The van der Waals surface area contributed by atoms with Crippen LogP contribution in [-0.4, -0.2) is 10.9 Å². The van der Waals surface area contributed by atoms with Crippen LogP contribution in [0.5, 0.6) is 0 Å². The quantitative estimate of drug-likeness (QED) is 0.693. The van der Waals surface area contributed by atoms with Gasteiger partial charge in [-0.1, -0.05) is 48.0 Å². The third kappa shape index (κ3) is 4.28. The number of aromatic nitrogens is 1. The first-order valence-electron chi connectivity index (χ1n) is 8.65. The number of benzene rings is 2. The number of pyridine rings is 1. The SMILES string of the molecule is Cc1cc(C)c(NC(=O)c2cncc(NCc3ccccc3)c2)c(C)c1. The third-order valence-electron chi connectivity index (χ3n) is 4.26. The summed E-state index contributed by atoms with van der Waals surface area (Å²) >= 11 is 0. The van der Waals surface area contributed by atoms with Gasteiger partial charge in [0.2, 0.25) is 0 Å². The minimum Gasteiger partial charge on any atom is -0.380 e. The zero-order valence-electron chi connectivity index (χ0n) is 15.3. The van der Waals surface area contributed by atoms with Crippen LogP contribution in [-0.2, 0) is 6.54 Å². The Hall–Kier alpha value is -3.14. The van der Waals surface area contributed by atoms with Crippen molar-refractivity contribution in [3.8, 4) is 0 Å². The molecule has 1 amide bonds. The van der Waals surface area contributed by atoms with Crippen molar-refractivity contribution in [2.24, 2.45) is 0 Å². The first-order chi connectivity index (χ1) is 12.5. The highest BCUT2D eigenvalue weighted by molar-refractivity contribution is 6.05. The van der Waals surface area contributed by atoms with Gasteiger partial charge in [0.25, 0.3) is 5.91 Å². The summed E-state index contributed by atoms with van der Waals surface area (Å²) in [5, 5.41) is 6.32. The number of nitrogens with one attached hydrogen (secondary N) is 2. The number of carbonyl (C=O) groups excluding carboxylic acids is 1. The molecule has 0 fully saturated rings. The fourth-order valence-corrected chi connectivity index (χ4v) is 3.02. The molecular formula is C22H23N3O. The Bertz CT molecular complexity index is 897. The van der Waals surface area contributed by atoms with E-state index in [0.717, 1.165) is 22.5 Å². The number of nitrogens with zero attached hydrogens (tertiary/aromatic N) is 1. The summed E-state index contributed by atoms with van der Waals surface area (Å²) in [4.78, 5) is 16.8. The van der Waals surface area contributed by atoms with E-state index in [1.807, 2.05) is 38.1 Å². The van der Waals surface area contributed by atoms with Gasteiger partial charge in [-0.25, -0.2) is 0 Å². The van der Waals surface area contributed by atoms with Crippen LogP contribution in [0.1, 0.15) is 32.6 Å².